The number of hydrogen-bond donors (Lipinski definition) is 2. The van der Waals surface area contributed by atoms with E-state index in [1.165, 1.54) is 10.9 Å². The summed E-state index contributed by atoms with van der Waals surface area (Å²) in [7, 11) is 0. The Bertz CT molecular complexity index is 1040. The maximum absolute atomic E-state index is 12.7. The van der Waals surface area contributed by atoms with E-state index < -0.39 is 5.91 Å². The van der Waals surface area contributed by atoms with E-state index in [-0.39, 0.29) is 36.0 Å². The molecule has 3 aromatic rings. The summed E-state index contributed by atoms with van der Waals surface area (Å²) in [5, 5.41) is 10.7. The number of carbonyl (C=O) groups excluding carboxylic acids is 2. The van der Waals surface area contributed by atoms with E-state index in [2.05, 4.69) is 22.7 Å². The minimum Gasteiger partial charge on any atom is -0.459 e. The van der Waals surface area contributed by atoms with Gasteiger partial charge in [-0.05, 0) is 24.6 Å². The molecule has 0 aliphatic heterocycles. The average Bonchev–Trinajstić information content (AvgIpc) is 3.28. The number of hydrogen-bond acceptors (Lipinski definition) is 5. The quantitative estimate of drug-likeness (QED) is 0.540. The van der Waals surface area contributed by atoms with Gasteiger partial charge in [0.25, 0.3) is 17.4 Å². The number of fused-ring (bicyclic) bond motifs is 1. The van der Waals surface area contributed by atoms with Crippen molar-refractivity contribution in [2.75, 3.05) is 13.1 Å². The van der Waals surface area contributed by atoms with Crippen molar-refractivity contribution < 1.29 is 14.0 Å². The van der Waals surface area contributed by atoms with Crippen LogP contribution in [0.15, 0.2) is 51.9 Å². The van der Waals surface area contributed by atoms with Crippen LogP contribution >= 0.6 is 0 Å². The molecule has 3 rings (SSSR count). The molecule has 0 radical (unpaired) electrons. The van der Waals surface area contributed by atoms with Gasteiger partial charge in [-0.25, -0.2) is 4.68 Å². The van der Waals surface area contributed by atoms with Crippen LogP contribution < -0.4 is 16.2 Å². The summed E-state index contributed by atoms with van der Waals surface area (Å²) in [6.45, 7) is 3.01. The minimum absolute atomic E-state index is 0.195. The van der Waals surface area contributed by atoms with Crippen LogP contribution in [0.3, 0.4) is 0 Å². The molecule has 0 aliphatic carbocycles. The second kappa shape index (κ2) is 9.68. The fourth-order valence-corrected chi connectivity index (χ4v) is 3.00. The highest BCUT2D eigenvalue weighted by molar-refractivity contribution is 6.04. The Balaban J connectivity index is 1.70. The summed E-state index contributed by atoms with van der Waals surface area (Å²) in [6, 6.07) is 10.1. The van der Waals surface area contributed by atoms with Gasteiger partial charge in [-0.15, -0.1) is 0 Å². The lowest BCUT2D eigenvalue weighted by Crippen LogP contribution is -2.36. The number of rotatable bonds is 9. The third-order valence-electron chi connectivity index (χ3n) is 4.50. The number of nitrogens with zero attached hydrogens (tertiary/aromatic N) is 2. The van der Waals surface area contributed by atoms with Gasteiger partial charge in [0.15, 0.2) is 11.5 Å². The lowest BCUT2D eigenvalue weighted by molar-refractivity contribution is 0.0909. The Kier molecular flexibility index (Phi) is 6.78. The number of nitrogens with one attached hydrogen (secondary N) is 2. The molecule has 0 atom stereocenters. The summed E-state index contributed by atoms with van der Waals surface area (Å²) in [6.07, 6.45) is 4.25. The fourth-order valence-electron chi connectivity index (χ4n) is 3.00. The van der Waals surface area contributed by atoms with E-state index in [1.807, 2.05) is 0 Å². The van der Waals surface area contributed by atoms with E-state index in [9.17, 15) is 14.4 Å². The van der Waals surface area contributed by atoms with Crippen LogP contribution in [0.4, 0.5) is 0 Å². The molecule has 2 aromatic heterocycles. The van der Waals surface area contributed by atoms with Crippen molar-refractivity contribution in [3.63, 3.8) is 0 Å². The zero-order chi connectivity index (χ0) is 20.6. The summed E-state index contributed by atoms with van der Waals surface area (Å²) in [4.78, 5) is 37.2. The Morgan fingerprint density at radius 3 is 2.41 bits per heavy atom. The molecule has 0 bridgehead atoms. The number of furan rings is 1. The number of benzene rings is 1. The first-order valence-electron chi connectivity index (χ1n) is 9.71. The maximum atomic E-state index is 12.7. The van der Waals surface area contributed by atoms with Gasteiger partial charge in [0, 0.05) is 25.0 Å². The number of amides is 2. The molecule has 8 nitrogen and oxygen atoms in total. The van der Waals surface area contributed by atoms with Crippen molar-refractivity contribution in [3.8, 4) is 0 Å². The number of aromatic nitrogens is 2. The highest BCUT2D eigenvalue weighted by Gasteiger charge is 2.16. The molecule has 2 heterocycles. The Morgan fingerprint density at radius 2 is 1.72 bits per heavy atom. The fraction of sp³-hybridized carbons (Fsp3) is 0.333. The van der Waals surface area contributed by atoms with Gasteiger partial charge in [0.2, 0.25) is 0 Å². The van der Waals surface area contributed by atoms with Crippen molar-refractivity contribution in [3.05, 3.63) is 64.5 Å². The summed E-state index contributed by atoms with van der Waals surface area (Å²) < 4.78 is 6.38. The van der Waals surface area contributed by atoms with Gasteiger partial charge < -0.3 is 15.1 Å². The molecule has 2 amide bonds. The Morgan fingerprint density at radius 1 is 1.00 bits per heavy atom. The third-order valence-corrected chi connectivity index (χ3v) is 4.50. The molecule has 0 aliphatic rings. The molecular formula is C21H24N4O4. The van der Waals surface area contributed by atoms with Crippen LogP contribution in [0.25, 0.3) is 10.8 Å². The van der Waals surface area contributed by atoms with Crippen LogP contribution in [0.1, 0.15) is 47.2 Å². The van der Waals surface area contributed by atoms with Gasteiger partial charge in [0.05, 0.1) is 11.6 Å². The molecule has 0 saturated heterocycles. The minimum atomic E-state index is -0.391. The van der Waals surface area contributed by atoms with Gasteiger partial charge in [-0.2, -0.15) is 5.10 Å². The average molecular weight is 396 g/mol. The van der Waals surface area contributed by atoms with Crippen molar-refractivity contribution in [2.24, 2.45) is 0 Å². The van der Waals surface area contributed by atoms with E-state index in [4.69, 9.17) is 4.42 Å². The number of unbranched alkanes of at least 4 members (excludes halogenated alkanes) is 2. The number of aryl methyl sites for hydroxylation is 1. The van der Waals surface area contributed by atoms with Gasteiger partial charge >= 0.3 is 0 Å². The van der Waals surface area contributed by atoms with E-state index in [0.717, 1.165) is 19.3 Å². The van der Waals surface area contributed by atoms with E-state index in [0.29, 0.717) is 17.3 Å². The smallest absolute Gasteiger partial charge is 0.287 e. The molecule has 1 aromatic carbocycles. The molecular weight excluding hydrogens is 372 g/mol. The predicted molar refractivity (Wildman–Crippen MR) is 109 cm³/mol. The first-order chi connectivity index (χ1) is 14.1. The van der Waals surface area contributed by atoms with Crippen LogP contribution in [0.2, 0.25) is 0 Å². The van der Waals surface area contributed by atoms with Crippen molar-refractivity contribution in [1.82, 2.24) is 20.4 Å². The van der Waals surface area contributed by atoms with Crippen LogP contribution in [-0.2, 0) is 6.54 Å². The van der Waals surface area contributed by atoms with Crippen molar-refractivity contribution in [1.29, 1.82) is 0 Å². The molecule has 0 spiro atoms. The van der Waals surface area contributed by atoms with Gasteiger partial charge in [-0.1, -0.05) is 38.0 Å². The molecule has 152 valence electrons. The highest BCUT2D eigenvalue weighted by atomic mass is 16.3. The second-order valence-electron chi connectivity index (χ2n) is 6.62. The Labute approximate surface area is 167 Å². The first-order valence-corrected chi connectivity index (χ1v) is 9.71. The third kappa shape index (κ3) is 4.90. The molecule has 0 fully saturated rings. The highest BCUT2D eigenvalue weighted by Crippen LogP contribution is 2.13. The lowest BCUT2D eigenvalue weighted by atomic mass is 10.1. The summed E-state index contributed by atoms with van der Waals surface area (Å²) >= 11 is 0. The standard InChI is InChI=1S/C21H24N4O4/c1-2-3-6-13-25-21(28)16-9-5-4-8-15(16)18(24-25)20(27)23-12-11-22-19(26)17-10-7-14-29-17/h4-5,7-10,14H,2-3,6,11-13H2,1H3,(H,22,26)(H,23,27). The monoisotopic (exact) mass is 396 g/mol. The van der Waals surface area contributed by atoms with Crippen molar-refractivity contribution >= 4 is 22.6 Å². The molecule has 0 saturated carbocycles. The van der Waals surface area contributed by atoms with Crippen LogP contribution in [0.5, 0.6) is 0 Å². The number of carbonyl (C=O) groups is 2. The zero-order valence-electron chi connectivity index (χ0n) is 16.3. The predicted octanol–water partition coefficient (Wildman–Crippen LogP) is 2.34. The SMILES string of the molecule is CCCCCn1nc(C(=O)NCCNC(=O)c2ccco2)c2ccccc2c1=O. The zero-order valence-corrected chi connectivity index (χ0v) is 16.3. The van der Waals surface area contributed by atoms with E-state index in [1.54, 1.807) is 36.4 Å². The molecule has 2 N–H and O–H groups in total. The van der Waals surface area contributed by atoms with Gasteiger partial charge in [-0.3, -0.25) is 14.4 Å². The lowest BCUT2D eigenvalue weighted by Gasteiger charge is -2.11. The first kappa shape index (κ1) is 20.3. The van der Waals surface area contributed by atoms with Crippen molar-refractivity contribution in [2.45, 2.75) is 32.7 Å². The normalized spacial score (nSPS) is 10.8. The topological polar surface area (TPSA) is 106 Å². The van der Waals surface area contributed by atoms with E-state index >= 15 is 0 Å². The second-order valence-corrected chi connectivity index (χ2v) is 6.62. The van der Waals surface area contributed by atoms with Crippen LogP contribution in [0, 0.1) is 0 Å². The summed E-state index contributed by atoms with van der Waals surface area (Å²) in [5.41, 5.74) is 0.00743. The summed E-state index contributed by atoms with van der Waals surface area (Å²) in [5.74, 6) is -0.530. The van der Waals surface area contributed by atoms with Gasteiger partial charge in [0.1, 0.15) is 0 Å². The van der Waals surface area contributed by atoms with Crippen LogP contribution in [-0.4, -0.2) is 34.7 Å². The maximum Gasteiger partial charge on any atom is 0.287 e. The molecule has 29 heavy (non-hydrogen) atoms. The largest absolute Gasteiger partial charge is 0.459 e. The molecule has 0 unspecified atom stereocenters. The Hall–Kier alpha value is -3.42. The molecule has 8 heteroatoms.